The normalized spacial score (nSPS) is 12.9. The molecule has 0 unspecified atom stereocenters. The van der Waals surface area contributed by atoms with E-state index in [2.05, 4.69) is 33.2 Å². The third-order valence-electron chi connectivity index (χ3n) is 6.60. The molecular formula is C27H15N5O. The number of imidazole rings is 3. The molecule has 0 fully saturated rings. The molecule has 4 aromatic carbocycles. The highest BCUT2D eigenvalue weighted by Gasteiger charge is 2.30. The first-order valence-corrected chi connectivity index (χ1v) is 10.8. The van der Waals surface area contributed by atoms with Gasteiger partial charge in [-0.15, -0.1) is 0 Å². The predicted octanol–water partition coefficient (Wildman–Crippen LogP) is 5.45. The van der Waals surface area contributed by atoms with Gasteiger partial charge in [-0.25, -0.2) is 9.97 Å². The quantitative estimate of drug-likeness (QED) is 0.351. The van der Waals surface area contributed by atoms with Crippen LogP contribution < -0.4 is 0 Å². The number of carbonyl (C=O) groups is 1. The Morgan fingerprint density at radius 1 is 0.576 bits per heavy atom. The van der Waals surface area contributed by atoms with Crippen LogP contribution in [0.25, 0.3) is 56.0 Å². The monoisotopic (exact) mass is 425 g/mol. The number of fused-ring (bicyclic) bond motifs is 10. The Hall–Kier alpha value is -4.71. The average molecular weight is 425 g/mol. The molecule has 0 amide bonds. The lowest BCUT2D eigenvalue weighted by Crippen LogP contribution is -2.05. The zero-order valence-electron chi connectivity index (χ0n) is 17.3. The van der Waals surface area contributed by atoms with E-state index in [1.54, 1.807) is 4.57 Å². The fraction of sp³-hybridized carbons (Fsp3) is 0. The number of para-hydroxylation sites is 6. The van der Waals surface area contributed by atoms with Gasteiger partial charge in [0.15, 0.2) is 0 Å². The SMILES string of the molecule is O=C1c2ccc(-n3c4ccccc4n4c5ccccc5nc34)cc2-c2nc3ccccc3n21. The molecule has 0 radical (unpaired) electrons. The summed E-state index contributed by atoms with van der Waals surface area (Å²) in [7, 11) is 0. The Morgan fingerprint density at radius 3 is 2.06 bits per heavy atom. The molecule has 33 heavy (non-hydrogen) atoms. The number of aromatic nitrogens is 5. The molecule has 8 rings (SSSR count). The van der Waals surface area contributed by atoms with Crippen LogP contribution in [0.3, 0.4) is 0 Å². The third kappa shape index (κ3) is 2.01. The molecule has 4 heterocycles. The van der Waals surface area contributed by atoms with Crippen LogP contribution in [0.1, 0.15) is 10.4 Å². The van der Waals surface area contributed by atoms with Crippen molar-refractivity contribution in [1.29, 1.82) is 0 Å². The maximum atomic E-state index is 13.2. The van der Waals surface area contributed by atoms with Gasteiger partial charge in [0.05, 0.1) is 38.7 Å². The number of hydrogen-bond donors (Lipinski definition) is 0. The summed E-state index contributed by atoms with van der Waals surface area (Å²) in [4.78, 5) is 22.9. The molecule has 3 aromatic heterocycles. The molecule has 0 N–H and O–H groups in total. The maximum absolute atomic E-state index is 13.2. The van der Waals surface area contributed by atoms with Crippen LogP contribution in [0, 0.1) is 0 Å². The average Bonchev–Trinajstić information content (AvgIpc) is 3.57. The van der Waals surface area contributed by atoms with Crippen molar-refractivity contribution in [2.24, 2.45) is 0 Å². The van der Waals surface area contributed by atoms with Crippen LogP contribution in [-0.2, 0) is 0 Å². The number of nitrogens with zero attached hydrogens (tertiary/aromatic N) is 5. The first kappa shape index (κ1) is 16.9. The van der Waals surface area contributed by atoms with Crippen LogP contribution >= 0.6 is 0 Å². The van der Waals surface area contributed by atoms with Gasteiger partial charge in [-0.05, 0) is 54.6 Å². The van der Waals surface area contributed by atoms with Crippen molar-refractivity contribution < 1.29 is 4.79 Å². The van der Waals surface area contributed by atoms with Gasteiger partial charge in [-0.3, -0.25) is 18.3 Å². The van der Waals surface area contributed by atoms with E-state index in [1.807, 2.05) is 66.7 Å². The Balaban J connectivity index is 1.46. The highest BCUT2D eigenvalue weighted by atomic mass is 16.2. The first-order chi connectivity index (χ1) is 16.3. The topological polar surface area (TPSA) is 57.1 Å². The number of hydrogen-bond acceptors (Lipinski definition) is 3. The second kappa shape index (κ2) is 5.75. The van der Waals surface area contributed by atoms with Gasteiger partial charge in [0, 0.05) is 11.3 Å². The largest absolute Gasteiger partial charge is 0.278 e. The zero-order chi connectivity index (χ0) is 21.7. The molecule has 0 atom stereocenters. The molecule has 7 aromatic rings. The van der Waals surface area contributed by atoms with Crippen molar-refractivity contribution in [3.63, 3.8) is 0 Å². The highest BCUT2D eigenvalue weighted by molar-refractivity contribution is 6.13. The van der Waals surface area contributed by atoms with Gasteiger partial charge in [-0.2, -0.15) is 0 Å². The van der Waals surface area contributed by atoms with Crippen LogP contribution in [0.5, 0.6) is 0 Å². The molecule has 0 saturated carbocycles. The molecule has 1 aliphatic heterocycles. The third-order valence-corrected chi connectivity index (χ3v) is 6.60. The van der Waals surface area contributed by atoms with E-state index in [-0.39, 0.29) is 5.91 Å². The minimum Gasteiger partial charge on any atom is -0.278 e. The van der Waals surface area contributed by atoms with E-state index in [0.29, 0.717) is 11.4 Å². The Morgan fingerprint density at radius 2 is 1.24 bits per heavy atom. The smallest absolute Gasteiger partial charge is 0.264 e. The Labute approximate surface area is 187 Å². The summed E-state index contributed by atoms with van der Waals surface area (Å²) < 4.78 is 6.07. The van der Waals surface area contributed by atoms with Crippen LogP contribution in [0.2, 0.25) is 0 Å². The van der Waals surface area contributed by atoms with Crippen molar-refractivity contribution in [3.8, 4) is 17.1 Å². The summed E-state index contributed by atoms with van der Waals surface area (Å²) >= 11 is 0. The molecule has 1 aliphatic rings. The molecular weight excluding hydrogens is 410 g/mol. The molecule has 154 valence electrons. The number of carbonyl (C=O) groups excluding carboxylic acids is 1. The summed E-state index contributed by atoms with van der Waals surface area (Å²) in [5.74, 6) is 1.50. The van der Waals surface area contributed by atoms with Gasteiger partial charge < -0.3 is 0 Å². The summed E-state index contributed by atoms with van der Waals surface area (Å²) in [6.07, 6.45) is 0. The van der Waals surface area contributed by atoms with Crippen molar-refractivity contribution in [1.82, 2.24) is 23.5 Å². The molecule has 0 spiro atoms. The summed E-state index contributed by atoms with van der Waals surface area (Å²) in [6, 6.07) is 30.2. The van der Waals surface area contributed by atoms with Crippen LogP contribution in [0.4, 0.5) is 0 Å². The van der Waals surface area contributed by atoms with E-state index in [1.165, 1.54) is 0 Å². The number of benzene rings is 4. The summed E-state index contributed by atoms with van der Waals surface area (Å²) in [5, 5.41) is 0. The number of rotatable bonds is 1. The highest BCUT2D eigenvalue weighted by Crippen LogP contribution is 2.37. The molecule has 6 heteroatoms. The van der Waals surface area contributed by atoms with Gasteiger partial charge in [0.1, 0.15) is 5.82 Å². The van der Waals surface area contributed by atoms with Gasteiger partial charge in [-0.1, -0.05) is 36.4 Å². The molecule has 0 bridgehead atoms. The lowest BCUT2D eigenvalue weighted by molar-refractivity contribution is 0.0973. The first-order valence-electron chi connectivity index (χ1n) is 10.8. The van der Waals surface area contributed by atoms with E-state index >= 15 is 0 Å². The maximum Gasteiger partial charge on any atom is 0.264 e. The van der Waals surface area contributed by atoms with Gasteiger partial charge in [0.2, 0.25) is 5.78 Å². The standard InChI is InChI=1S/C27H15N5O/c33-26-17-14-13-16(15-18(17)25-28-19-7-1-4-10-22(19)32(25)26)30-23-11-5-6-12-24(23)31-21-9-3-2-8-20(21)29-27(30)31/h1-15H. The zero-order valence-corrected chi connectivity index (χ0v) is 17.3. The van der Waals surface area contributed by atoms with Crippen molar-refractivity contribution in [2.45, 2.75) is 0 Å². The summed E-state index contributed by atoms with van der Waals surface area (Å²) in [6.45, 7) is 0. The van der Waals surface area contributed by atoms with E-state index in [0.717, 1.165) is 50.1 Å². The minimum absolute atomic E-state index is 0.0330. The lowest BCUT2D eigenvalue weighted by Gasteiger charge is -2.07. The second-order valence-electron chi connectivity index (χ2n) is 8.35. The van der Waals surface area contributed by atoms with Crippen LogP contribution in [0.15, 0.2) is 91.0 Å². The Kier molecular flexibility index (Phi) is 2.95. The van der Waals surface area contributed by atoms with E-state index in [4.69, 9.17) is 9.97 Å². The molecule has 0 saturated heterocycles. The van der Waals surface area contributed by atoms with Crippen molar-refractivity contribution in [2.75, 3.05) is 0 Å². The van der Waals surface area contributed by atoms with Gasteiger partial charge >= 0.3 is 0 Å². The van der Waals surface area contributed by atoms with E-state index in [9.17, 15) is 4.79 Å². The Bertz CT molecular complexity index is 1950. The van der Waals surface area contributed by atoms with Crippen LogP contribution in [-0.4, -0.2) is 29.4 Å². The summed E-state index contributed by atoms with van der Waals surface area (Å²) in [5.41, 5.74) is 8.30. The molecule has 6 nitrogen and oxygen atoms in total. The molecule has 0 aliphatic carbocycles. The van der Waals surface area contributed by atoms with Crippen molar-refractivity contribution >= 4 is 44.8 Å². The fourth-order valence-corrected chi connectivity index (χ4v) is 5.18. The second-order valence-corrected chi connectivity index (χ2v) is 8.35. The van der Waals surface area contributed by atoms with Crippen molar-refractivity contribution in [3.05, 3.63) is 96.6 Å². The van der Waals surface area contributed by atoms with E-state index < -0.39 is 0 Å². The predicted molar refractivity (Wildman–Crippen MR) is 128 cm³/mol. The minimum atomic E-state index is -0.0330. The van der Waals surface area contributed by atoms with Gasteiger partial charge in [0.25, 0.3) is 5.91 Å². The lowest BCUT2D eigenvalue weighted by atomic mass is 10.1. The fourth-order valence-electron chi connectivity index (χ4n) is 5.18.